The molecule has 0 saturated carbocycles. The van der Waals surface area contributed by atoms with Crippen LogP contribution in [0, 0.1) is 5.92 Å². The van der Waals surface area contributed by atoms with Gasteiger partial charge in [0, 0.05) is 6.08 Å². The number of rotatable bonds is 9. The lowest BCUT2D eigenvalue weighted by atomic mass is 9.99. The molecular formula is C22H26O3. The van der Waals surface area contributed by atoms with Crippen LogP contribution in [0.15, 0.2) is 60.7 Å². The topological polar surface area (TPSA) is 35.5 Å². The summed E-state index contributed by atoms with van der Waals surface area (Å²) in [5.74, 6) is 1.02. The van der Waals surface area contributed by atoms with Gasteiger partial charge in [-0.15, -0.1) is 0 Å². The number of hydrogen-bond acceptors (Lipinski definition) is 3. The highest BCUT2D eigenvalue weighted by molar-refractivity contribution is 5.87. The van der Waals surface area contributed by atoms with Gasteiger partial charge in [-0.1, -0.05) is 49.4 Å². The van der Waals surface area contributed by atoms with Gasteiger partial charge in [-0.05, 0) is 54.5 Å². The number of benzene rings is 2. The highest BCUT2D eigenvalue weighted by Crippen LogP contribution is 2.14. The molecule has 132 valence electrons. The maximum atomic E-state index is 11.8. The zero-order valence-electron chi connectivity index (χ0n) is 15.0. The Hall–Kier alpha value is -2.55. The minimum atomic E-state index is -0.300. The third-order valence-corrected chi connectivity index (χ3v) is 4.15. The Morgan fingerprint density at radius 3 is 2.44 bits per heavy atom. The third kappa shape index (κ3) is 7.25. The Kier molecular flexibility index (Phi) is 7.77. The van der Waals surface area contributed by atoms with Crippen molar-refractivity contribution in [1.29, 1.82) is 0 Å². The first-order valence-electron chi connectivity index (χ1n) is 8.70. The minimum Gasteiger partial charge on any atom is -0.497 e. The van der Waals surface area contributed by atoms with Crippen LogP contribution in [0.2, 0.25) is 0 Å². The quantitative estimate of drug-likeness (QED) is 0.481. The van der Waals surface area contributed by atoms with Gasteiger partial charge < -0.3 is 9.47 Å². The van der Waals surface area contributed by atoms with Crippen molar-refractivity contribution in [1.82, 2.24) is 0 Å². The molecular weight excluding hydrogens is 312 g/mol. The van der Waals surface area contributed by atoms with E-state index in [2.05, 4.69) is 31.2 Å². The second-order valence-electron chi connectivity index (χ2n) is 6.19. The van der Waals surface area contributed by atoms with Crippen LogP contribution in [-0.2, 0) is 16.0 Å². The van der Waals surface area contributed by atoms with Gasteiger partial charge in [0.1, 0.15) is 5.75 Å². The van der Waals surface area contributed by atoms with E-state index < -0.39 is 0 Å². The molecule has 0 spiro atoms. The van der Waals surface area contributed by atoms with E-state index in [1.165, 1.54) is 11.6 Å². The van der Waals surface area contributed by atoms with E-state index in [4.69, 9.17) is 9.47 Å². The van der Waals surface area contributed by atoms with E-state index in [1.54, 1.807) is 13.2 Å². The molecule has 3 nitrogen and oxygen atoms in total. The normalized spacial score (nSPS) is 12.1. The van der Waals surface area contributed by atoms with Crippen LogP contribution >= 0.6 is 0 Å². The van der Waals surface area contributed by atoms with Crippen LogP contribution in [0.3, 0.4) is 0 Å². The fourth-order valence-corrected chi connectivity index (χ4v) is 2.49. The van der Waals surface area contributed by atoms with Crippen LogP contribution in [-0.4, -0.2) is 19.7 Å². The second-order valence-corrected chi connectivity index (χ2v) is 6.19. The molecule has 0 heterocycles. The first-order valence-corrected chi connectivity index (χ1v) is 8.70. The zero-order chi connectivity index (χ0) is 17.9. The predicted molar refractivity (Wildman–Crippen MR) is 102 cm³/mol. The molecule has 2 aromatic carbocycles. The fraction of sp³-hybridized carbons (Fsp3) is 0.318. The average molecular weight is 338 g/mol. The summed E-state index contributed by atoms with van der Waals surface area (Å²) >= 11 is 0. The number of ether oxygens (including phenoxy) is 2. The lowest BCUT2D eigenvalue weighted by molar-refractivity contribution is -0.138. The number of carbonyl (C=O) groups is 1. The van der Waals surface area contributed by atoms with Gasteiger partial charge in [0.05, 0.1) is 13.7 Å². The van der Waals surface area contributed by atoms with Crippen molar-refractivity contribution in [2.75, 3.05) is 13.7 Å². The summed E-state index contributed by atoms with van der Waals surface area (Å²) in [6, 6.07) is 18.0. The molecule has 0 aliphatic rings. The molecule has 0 amide bonds. The van der Waals surface area contributed by atoms with Crippen molar-refractivity contribution in [3.05, 3.63) is 71.8 Å². The van der Waals surface area contributed by atoms with E-state index in [-0.39, 0.29) is 5.97 Å². The number of methoxy groups -OCH3 is 1. The Balaban J connectivity index is 1.64. The Morgan fingerprint density at radius 1 is 1.04 bits per heavy atom. The third-order valence-electron chi connectivity index (χ3n) is 4.15. The lowest BCUT2D eigenvalue weighted by Crippen LogP contribution is -2.07. The molecule has 3 heteroatoms. The maximum Gasteiger partial charge on any atom is 0.330 e. The molecule has 25 heavy (non-hydrogen) atoms. The number of esters is 1. The molecule has 0 aliphatic heterocycles. The average Bonchev–Trinajstić information content (AvgIpc) is 2.66. The largest absolute Gasteiger partial charge is 0.497 e. The van der Waals surface area contributed by atoms with Crippen molar-refractivity contribution in [2.45, 2.75) is 26.2 Å². The van der Waals surface area contributed by atoms with Crippen LogP contribution < -0.4 is 4.74 Å². The molecule has 0 N–H and O–H groups in total. The van der Waals surface area contributed by atoms with Crippen LogP contribution in [0.25, 0.3) is 6.08 Å². The molecule has 0 saturated heterocycles. The fourth-order valence-electron chi connectivity index (χ4n) is 2.49. The van der Waals surface area contributed by atoms with E-state index in [0.717, 1.165) is 30.6 Å². The van der Waals surface area contributed by atoms with Gasteiger partial charge in [-0.2, -0.15) is 0 Å². The molecule has 0 radical (unpaired) electrons. The molecule has 2 aromatic rings. The van der Waals surface area contributed by atoms with Gasteiger partial charge in [0.15, 0.2) is 0 Å². The molecule has 0 bridgehead atoms. The number of carbonyl (C=O) groups excluding carboxylic acids is 1. The van der Waals surface area contributed by atoms with Crippen molar-refractivity contribution < 1.29 is 14.3 Å². The molecule has 0 aliphatic carbocycles. The zero-order valence-corrected chi connectivity index (χ0v) is 15.0. The monoisotopic (exact) mass is 338 g/mol. The highest BCUT2D eigenvalue weighted by atomic mass is 16.5. The Morgan fingerprint density at radius 2 is 1.76 bits per heavy atom. The molecule has 2 rings (SSSR count). The predicted octanol–water partition coefficient (Wildman–Crippen LogP) is 4.91. The summed E-state index contributed by atoms with van der Waals surface area (Å²) in [6.45, 7) is 2.66. The summed E-state index contributed by atoms with van der Waals surface area (Å²) in [5, 5.41) is 0. The SMILES string of the molecule is COc1ccc(/C=C/C(=O)OCCC(C)CCc2ccccc2)cc1. The number of aryl methyl sites for hydroxylation is 1. The van der Waals surface area contributed by atoms with Crippen LogP contribution in [0.5, 0.6) is 5.75 Å². The summed E-state index contributed by atoms with van der Waals surface area (Å²) in [5.41, 5.74) is 2.29. The van der Waals surface area contributed by atoms with Crippen molar-refractivity contribution >= 4 is 12.0 Å². The smallest absolute Gasteiger partial charge is 0.330 e. The Labute approximate surface area is 150 Å². The summed E-state index contributed by atoms with van der Waals surface area (Å²) in [4.78, 5) is 11.8. The van der Waals surface area contributed by atoms with Crippen molar-refractivity contribution in [3.63, 3.8) is 0 Å². The molecule has 1 atom stereocenters. The molecule has 0 fully saturated rings. The van der Waals surface area contributed by atoms with Gasteiger partial charge in [0.25, 0.3) is 0 Å². The molecule has 1 unspecified atom stereocenters. The van der Waals surface area contributed by atoms with E-state index >= 15 is 0 Å². The van der Waals surface area contributed by atoms with Gasteiger partial charge in [-0.3, -0.25) is 0 Å². The minimum absolute atomic E-state index is 0.300. The summed E-state index contributed by atoms with van der Waals surface area (Å²) < 4.78 is 10.4. The van der Waals surface area contributed by atoms with Crippen LogP contribution in [0.1, 0.15) is 30.9 Å². The summed E-state index contributed by atoms with van der Waals surface area (Å²) in [7, 11) is 1.63. The van der Waals surface area contributed by atoms with E-state index in [9.17, 15) is 4.79 Å². The standard InChI is InChI=1S/C22H26O3/c1-18(8-9-19-6-4-3-5-7-19)16-17-25-22(23)15-12-20-10-13-21(24-2)14-11-20/h3-7,10-15,18H,8-9,16-17H2,1-2H3/b15-12+. The first kappa shape index (κ1) is 18.8. The Bertz CT molecular complexity index is 659. The van der Waals surface area contributed by atoms with Gasteiger partial charge >= 0.3 is 5.97 Å². The van der Waals surface area contributed by atoms with Crippen molar-refractivity contribution in [2.24, 2.45) is 5.92 Å². The number of hydrogen-bond donors (Lipinski definition) is 0. The van der Waals surface area contributed by atoms with E-state index in [0.29, 0.717) is 12.5 Å². The lowest BCUT2D eigenvalue weighted by Gasteiger charge is -2.11. The van der Waals surface area contributed by atoms with Crippen LogP contribution in [0.4, 0.5) is 0 Å². The van der Waals surface area contributed by atoms with Gasteiger partial charge in [0.2, 0.25) is 0 Å². The molecule has 0 aromatic heterocycles. The van der Waals surface area contributed by atoms with Gasteiger partial charge in [-0.25, -0.2) is 4.79 Å². The second kappa shape index (κ2) is 10.3. The maximum absolute atomic E-state index is 11.8. The first-order chi connectivity index (χ1) is 12.2. The van der Waals surface area contributed by atoms with Crippen molar-refractivity contribution in [3.8, 4) is 5.75 Å². The summed E-state index contributed by atoms with van der Waals surface area (Å²) in [6.07, 6.45) is 6.27. The highest BCUT2D eigenvalue weighted by Gasteiger charge is 2.05. The van der Waals surface area contributed by atoms with E-state index in [1.807, 2.05) is 30.3 Å².